The predicted octanol–water partition coefficient (Wildman–Crippen LogP) is 5.23. The molecule has 0 fully saturated rings. The molecule has 5 rings (SSSR count). The van der Waals surface area contributed by atoms with Gasteiger partial charge in [-0.3, -0.25) is 4.98 Å². The first-order valence-electron chi connectivity index (χ1n) is 10.2. The molecule has 1 N–H and O–H groups in total. The van der Waals surface area contributed by atoms with Gasteiger partial charge in [0.25, 0.3) is 0 Å². The first kappa shape index (κ1) is 18.3. The molecule has 0 bridgehead atoms. The Labute approximate surface area is 176 Å². The maximum absolute atomic E-state index is 4.95. The summed E-state index contributed by atoms with van der Waals surface area (Å²) in [7, 11) is 0. The van der Waals surface area contributed by atoms with Crippen LogP contribution in [0.5, 0.6) is 0 Å². The van der Waals surface area contributed by atoms with E-state index in [4.69, 9.17) is 9.97 Å². The van der Waals surface area contributed by atoms with Crippen molar-refractivity contribution in [3.63, 3.8) is 0 Å². The lowest BCUT2D eigenvalue weighted by atomic mass is 10.1. The van der Waals surface area contributed by atoms with Crippen molar-refractivity contribution in [2.24, 2.45) is 0 Å². The molecule has 0 saturated heterocycles. The van der Waals surface area contributed by atoms with Gasteiger partial charge in [0.1, 0.15) is 5.82 Å². The maximum atomic E-state index is 4.95. The Morgan fingerprint density at radius 3 is 2.63 bits per heavy atom. The summed E-state index contributed by atoms with van der Waals surface area (Å²) in [5.41, 5.74) is 5.62. The summed E-state index contributed by atoms with van der Waals surface area (Å²) >= 11 is 0. The zero-order valence-corrected chi connectivity index (χ0v) is 16.9. The largest absolute Gasteiger partial charge is 0.366 e. The Balaban J connectivity index is 1.55. The van der Waals surface area contributed by atoms with Gasteiger partial charge in [0, 0.05) is 42.3 Å². The van der Waals surface area contributed by atoms with Crippen LogP contribution in [-0.4, -0.2) is 21.0 Å². The predicted molar refractivity (Wildman–Crippen MR) is 121 cm³/mol. The molecule has 0 saturated carbocycles. The molecule has 1 aliphatic rings. The summed E-state index contributed by atoms with van der Waals surface area (Å²) in [6.07, 6.45) is 4.64. The third kappa shape index (κ3) is 3.62. The number of hydrogen-bond donors (Lipinski definition) is 1. The number of anilines is 3. The van der Waals surface area contributed by atoms with Gasteiger partial charge in [-0.05, 0) is 36.6 Å². The molecule has 0 aliphatic carbocycles. The Morgan fingerprint density at radius 1 is 0.967 bits per heavy atom. The first-order chi connectivity index (χ1) is 14.8. The molecule has 1 aliphatic heterocycles. The molecule has 2 aromatic carbocycles. The monoisotopic (exact) mass is 393 g/mol. The highest BCUT2D eigenvalue weighted by atomic mass is 15.3. The zero-order chi connectivity index (χ0) is 20.3. The van der Waals surface area contributed by atoms with Gasteiger partial charge in [-0.2, -0.15) is 4.98 Å². The summed E-state index contributed by atoms with van der Waals surface area (Å²) in [5, 5.41) is 3.46. The van der Waals surface area contributed by atoms with Crippen LogP contribution >= 0.6 is 0 Å². The minimum Gasteiger partial charge on any atom is -0.366 e. The number of hydrogen-bond acceptors (Lipinski definition) is 5. The van der Waals surface area contributed by atoms with Crippen molar-refractivity contribution in [3.05, 3.63) is 96.3 Å². The van der Waals surface area contributed by atoms with E-state index in [1.54, 1.807) is 6.20 Å². The molecule has 148 valence electrons. The summed E-state index contributed by atoms with van der Waals surface area (Å²) in [6, 6.07) is 25.1. The Kier molecular flexibility index (Phi) is 4.85. The fraction of sp³-hybridized carbons (Fsp3) is 0.160. The maximum Gasteiger partial charge on any atom is 0.232 e. The summed E-state index contributed by atoms with van der Waals surface area (Å²) in [5.74, 6) is 1.53. The fourth-order valence-corrected chi connectivity index (χ4v) is 3.96. The average molecular weight is 393 g/mol. The number of nitrogens with one attached hydrogen (secondary N) is 1. The van der Waals surface area contributed by atoms with Crippen molar-refractivity contribution < 1.29 is 0 Å². The molecular formula is C25H23N5. The molecule has 3 heterocycles. The molecular weight excluding hydrogens is 370 g/mol. The van der Waals surface area contributed by atoms with Crippen LogP contribution in [-0.2, 0) is 13.0 Å². The Hall–Kier alpha value is -3.73. The van der Waals surface area contributed by atoms with Crippen LogP contribution in [0.1, 0.15) is 18.1 Å². The lowest BCUT2D eigenvalue weighted by Gasteiger charge is -2.24. The minimum atomic E-state index is 0.305. The van der Waals surface area contributed by atoms with Crippen molar-refractivity contribution >= 4 is 17.5 Å². The second kappa shape index (κ2) is 7.95. The molecule has 1 unspecified atom stereocenters. The topological polar surface area (TPSA) is 53.9 Å². The number of aromatic nitrogens is 3. The fourth-order valence-electron chi connectivity index (χ4n) is 3.96. The summed E-state index contributed by atoms with van der Waals surface area (Å²) in [6.45, 7) is 2.88. The number of rotatable bonds is 5. The van der Waals surface area contributed by atoms with E-state index in [1.165, 1.54) is 11.3 Å². The molecule has 0 radical (unpaired) electrons. The minimum absolute atomic E-state index is 0.305. The zero-order valence-electron chi connectivity index (χ0n) is 16.9. The normalized spacial score (nSPS) is 15.1. The van der Waals surface area contributed by atoms with E-state index >= 15 is 0 Å². The number of benzene rings is 2. The van der Waals surface area contributed by atoms with Crippen molar-refractivity contribution in [2.75, 3.05) is 10.2 Å². The van der Waals surface area contributed by atoms with Gasteiger partial charge in [-0.15, -0.1) is 0 Å². The highest BCUT2D eigenvalue weighted by molar-refractivity contribution is 5.71. The van der Waals surface area contributed by atoms with Gasteiger partial charge >= 0.3 is 0 Å². The quantitative estimate of drug-likeness (QED) is 0.503. The number of nitrogens with zero attached hydrogens (tertiary/aromatic N) is 4. The van der Waals surface area contributed by atoms with E-state index in [-0.39, 0.29) is 0 Å². The molecule has 2 aromatic heterocycles. The van der Waals surface area contributed by atoms with E-state index in [0.717, 1.165) is 35.0 Å². The highest BCUT2D eigenvalue weighted by Crippen LogP contribution is 2.37. The molecule has 5 nitrogen and oxygen atoms in total. The van der Waals surface area contributed by atoms with E-state index in [1.807, 2.05) is 36.5 Å². The Bertz CT molecular complexity index is 1140. The summed E-state index contributed by atoms with van der Waals surface area (Å²) in [4.78, 5) is 16.3. The van der Waals surface area contributed by atoms with Gasteiger partial charge in [-0.25, -0.2) is 4.98 Å². The van der Waals surface area contributed by atoms with Gasteiger partial charge < -0.3 is 10.2 Å². The van der Waals surface area contributed by atoms with Crippen molar-refractivity contribution in [2.45, 2.75) is 25.9 Å². The van der Waals surface area contributed by atoms with Crippen molar-refractivity contribution in [3.8, 4) is 11.3 Å². The molecule has 1 atom stereocenters. The van der Waals surface area contributed by atoms with Crippen LogP contribution in [0.3, 0.4) is 0 Å². The number of pyridine rings is 1. The second-order valence-corrected chi connectivity index (χ2v) is 7.57. The van der Waals surface area contributed by atoms with E-state index < -0.39 is 0 Å². The SMILES string of the molecule is CC1Cc2ccccc2N1c1nc(NCc2cccnc2)cc(-c2ccccc2)n1. The van der Waals surface area contributed by atoms with Gasteiger partial charge in [0.15, 0.2) is 0 Å². The molecule has 0 amide bonds. The Morgan fingerprint density at radius 2 is 1.80 bits per heavy atom. The molecule has 30 heavy (non-hydrogen) atoms. The number of fused-ring (bicyclic) bond motifs is 1. The second-order valence-electron chi connectivity index (χ2n) is 7.57. The third-order valence-electron chi connectivity index (χ3n) is 5.40. The van der Waals surface area contributed by atoms with E-state index in [2.05, 4.69) is 64.6 Å². The molecule has 5 heteroatoms. The lowest BCUT2D eigenvalue weighted by molar-refractivity contribution is 0.740. The van der Waals surface area contributed by atoms with Gasteiger partial charge in [-0.1, -0.05) is 54.6 Å². The average Bonchev–Trinajstić information content (AvgIpc) is 3.14. The van der Waals surface area contributed by atoms with Crippen molar-refractivity contribution in [1.82, 2.24) is 15.0 Å². The molecule has 4 aromatic rings. The summed E-state index contributed by atoms with van der Waals surface area (Å²) < 4.78 is 0. The third-order valence-corrected chi connectivity index (χ3v) is 5.40. The van der Waals surface area contributed by atoms with Crippen LogP contribution in [0.15, 0.2) is 85.2 Å². The highest BCUT2D eigenvalue weighted by Gasteiger charge is 2.29. The first-order valence-corrected chi connectivity index (χ1v) is 10.2. The number of para-hydroxylation sites is 1. The molecule has 0 spiro atoms. The van der Waals surface area contributed by atoms with Gasteiger partial charge in [0.2, 0.25) is 5.95 Å². The van der Waals surface area contributed by atoms with E-state index in [9.17, 15) is 0 Å². The van der Waals surface area contributed by atoms with E-state index in [0.29, 0.717) is 12.6 Å². The van der Waals surface area contributed by atoms with Gasteiger partial charge in [0.05, 0.1) is 5.69 Å². The standard InChI is InChI=1S/C25H23N5/c1-18-14-21-11-5-6-12-23(21)30(18)25-28-22(20-9-3-2-4-10-20)15-24(29-25)27-17-19-8-7-13-26-16-19/h2-13,15-16,18H,14,17H2,1H3,(H,27,28,29). The smallest absolute Gasteiger partial charge is 0.232 e. The van der Waals surface area contributed by atoms with Crippen LogP contribution < -0.4 is 10.2 Å². The lowest BCUT2D eigenvalue weighted by Crippen LogP contribution is -2.26. The van der Waals surface area contributed by atoms with Crippen molar-refractivity contribution in [1.29, 1.82) is 0 Å². The van der Waals surface area contributed by atoms with Crippen LogP contribution in [0, 0.1) is 0 Å². The van der Waals surface area contributed by atoms with Crippen LogP contribution in [0.25, 0.3) is 11.3 Å². The van der Waals surface area contributed by atoms with Crippen LogP contribution in [0.4, 0.5) is 17.5 Å². The van der Waals surface area contributed by atoms with Crippen LogP contribution in [0.2, 0.25) is 0 Å².